The summed E-state index contributed by atoms with van der Waals surface area (Å²) in [6, 6.07) is 5.75. The maximum atomic E-state index is 11.3. The fraction of sp³-hybridized carbons (Fsp3) is 0.111. The zero-order valence-electron chi connectivity index (χ0n) is 9.76. The molecule has 0 unspecified atom stereocenters. The van der Waals surface area contributed by atoms with E-state index in [1.807, 2.05) is 0 Å². The molecule has 1 aromatic carbocycles. The van der Waals surface area contributed by atoms with Crippen LogP contribution in [0.5, 0.6) is 0 Å². The molecule has 0 saturated heterocycles. The molecule has 108 valence electrons. The molecular weight excluding hydrogens is 285 g/mol. The van der Waals surface area contributed by atoms with Crippen LogP contribution in [0, 0.1) is 5.39 Å². The van der Waals surface area contributed by atoms with Crippen molar-refractivity contribution in [2.45, 2.75) is 0 Å². The first-order valence-electron chi connectivity index (χ1n) is 4.96. The third-order valence-corrected chi connectivity index (χ3v) is 1.65. The van der Waals surface area contributed by atoms with E-state index in [1.165, 1.54) is 24.3 Å². The molecule has 0 saturated carbocycles. The summed E-state index contributed by atoms with van der Waals surface area (Å²) >= 11 is 0. The summed E-state index contributed by atoms with van der Waals surface area (Å²) in [5.41, 5.74) is 0.633. The molecule has 0 spiro atoms. The van der Waals surface area contributed by atoms with Crippen LogP contribution in [0.2, 0.25) is 0 Å². The van der Waals surface area contributed by atoms with Gasteiger partial charge in [0, 0.05) is 17.7 Å². The number of amides is 1. The minimum absolute atomic E-state index is 0.309. The SMILES string of the molecule is F[B-](F)(F)F.N#[N+]c1ccc(C(=O)NCC(=O)O)cc1. The fourth-order valence-corrected chi connectivity index (χ4v) is 0.937. The van der Waals surface area contributed by atoms with Crippen molar-refractivity contribution in [1.29, 1.82) is 5.39 Å². The minimum Gasteiger partial charge on any atom is -0.480 e. The van der Waals surface area contributed by atoms with E-state index < -0.39 is 25.7 Å². The van der Waals surface area contributed by atoms with Crippen LogP contribution < -0.4 is 5.32 Å². The van der Waals surface area contributed by atoms with Gasteiger partial charge in [-0.05, 0) is 12.1 Å². The van der Waals surface area contributed by atoms with Crippen molar-refractivity contribution < 1.29 is 32.0 Å². The van der Waals surface area contributed by atoms with E-state index in [4.69, 9.17) is 10.5 Å². The molecule has 0 atom stereocenters. The predicted octanol–water partition coefficient (Wildman–Crippen LogP) is 2.29. The second kappa shape index (κ2) is 7.72. The molecule has 0 fully saturated rings. The first-order chi connectivity index (χ1) is 9.13. The topological polar surface area (TPSA) is 94.5 Å². The average molecular weight is 293 g/mol. The molecule has 2 N–H and O–H groups in total. The molecule has 0 aliphatic heterocycles. The van der Waals surface area contributed by atoms with E-state index in [1.54, 1.807) is 0 Å². The number of rotatable bonds is 3. The number of carboxylic acid groups (broad SMARTS) is 1. The highest BCUT2D eigenvalue weighted by atomic mass is 19.5. The van der Waals surface area contributed by atoms with Crippen molar-refractivity contribution in [3.8, 4) is 0 Å². The summed E-state index contributed by atoms with van der Waals surface area (Å²) in [4.78, 5) is 24.4. The van der Waals surface area contributed by atoms with Crippen LogP contribution >= 0.6 is 0 Å². The van der Waals surface area contributed by atoms with Crippen molar-refractivity contribution in [2.24, 2.45) is 0 Å². The zero-order valence-corrected chi connectivity index (χ0v) is 9.76. The Kier molecular flexibility index (Phi) is 6.71. The van der Waals surface area contributed by atoms with Crippen LogP contribution in [0.1, 0.15) is 10.4 Å². The van der Waals surface area contributed by atoms with E-state index in [0.717, 1.165) is 0 Å². The Morgan fingerprint density at radius 1 is 1.20 bits per heavy atom. The van der Waals surface area contributed by atoms with Crippen molar-refractivity contribution in [2.75, 3.05) is 6.54 Å². The first kappa shape index (κ1) is 17.4. The Balaban J connectivity index is 0.000000621. The quantitative estimate of drug-likeness (QED) is 0.508. The van der Waals surface area contributed by atoms with Crippen LogP contribution in [-0.2, 0) is 4.79 Å². The fourth-order valence-electron chi connectivity index (χ4n) is 0.937. The van der Waals surface area contributed by atoms with Gasteiger partial charge in [0.15, 0.2) is 4.98 Å². The Morgan fingerprint density at radius 2 is 1.65 bits per heavy atom. The number of aliphatic carboxylic acids is 1. The van der Waals surface area contributed by atoms with Gasteiger partial charge in [-0.15, -0.1) is 0 Å². The smallest absolute Gasteiger partial charge is 0.480 e. The molecular formula is C9H8BF4N3O3. The number of hydrogen-bond donors (Lipinski definition) is 2. The number of halogens is 4. The third-order valence-electron chi connectivity index (χ3n) is 1.65. The summed E-state index contributed by atoms with van der Waals surface area (Å²) < 4.78 is 39.0. The van der Waals surface area contributed by atoms with Gasteiger partial charge in [-0.2, -0.15) is 0 Å². The molecule has 6 nitrogen and oxygen atoms in total. The highest BCUT2D eigenvalue weighted by Gasteiger charge is 2.20. The van der Waals surface area contributed by atoms with Crippen LogP contribution in [0.25, 0.3) is 4.98 Å². The third kappa shape index (κ3) is 9.40. The van der Waals surface area contributed by atoms with Gasteiger partial charge in [0.05, 0.1) is 0 Å². The molecule has 1 amide bonds. The Bertz CT molecular complexity index is 507. The Labute approximate surface area is 110 Å². The van der Waals surface area contributed by atoms with Crippen LogP contribution in [0.4, 0.5) is 23.0 Å². The van der Waals surface area contributed by atoms with Gasteiger partial charge in [0.25, 0.3) is 5.91 Å². The molecule has 0 aliphatic carbocycles. The number of nitrogens with one attached hydrogen (secondary N) is 1. The molecule has 1 aromatic rings. The van der Waals surface area contributed by atoms with Crippen molar-refractivity contribution >= 4 is 24.8 Å². The largest absolute Gasteiger partial charge is 0.673 e. The van der Waals surface area contributed by atoms with Crippen molar-refractivity contribution in [1.82, 2.24) is 5.32 Å². The van der Waals surface area contributed by atoms with Crippen LogP contribution in [-0.4, -0.2) is 30.8 Å². The van der Waals surface area contributed by atoms with Gasteiger partial charge >= 0.3 is 18.9 Å². The summed E-state index contributed by atoms with van der Waals surface area (Å²) in [6.07, 6.45) is 0. The van der Waals surface area contributed by atoms with E-state index in [-0.39, 0.29) is 0 Å². The van der Waals surface area contributed by atoms with Crippen LogP contribution in [0.3, 0.4) is 0 Å². The maximum absolute atomic E-state index is 11.3. The van der Waals surface area contributed by atoms with Crippen molar-refractivity contribution in [3.05, 3.63) is 34.8 Å². The van der Waals surface area contributed by atoms with Gasteiger partial charge in [0.2, 0.25) is 5.39 Å². The summed E-state index contributed by atoms with van der Waals surface area (Å²) in [7, 11) is -6.00. The predicted molar refractivity (Wildman–Crippen MR) is 61.3 cm³/mol. The highest BCUT2D eigenvalue weighted by molar-refractivity contribution is 6.50. The summed E-state index contributed by atoms with van der Waals surface area (Å²) in [5.74, 6) is -1.59. The number of carbonyl (C=O) groups is 2. The van der Waals surface area contributed by atoms with Gasteiger partial charge in [-0.25, -0.2) is 0 Å². The number of carbonyl (C=O) groups excluding carboxylic acids is 1. The lowest BCUT2D eigenvalue weighted by atomic mass is 10.2. The Hall–Kier alpha value is -2.64. The van der Waals surface area contributed by atoms with Crippen molar-refractivity contribution in [3.63, 3.8) is 0 Å². The van der Waals surface area contributed by atoms with Gasteiger partial charge < -0.3 is 27.7 Å². The second-order valence-corrected chi connectivity index (χ2v) is 3.22. The number of nitrogens with zero attached hydrogens (tertiary/aromatic N) is 2. The number of diazo groups is 1. The molecule has 0 bridgehead atoms. The molecule has 0 aromatic heterocycles. The number of carboxylic acids is 1. The first-order valence-corrected chi connectivity index (χ1v) is 4.96. The number of hydrogen-bond acceptors (Lipinski definition) is 3. The summed E-state index contributed by atoms with van der Waals surface area (Å²) in [6.45, 7) is -0.426. The molecule has 0 aliphatic rings. The lowest BCUT2D eigenvalue weighted by Gasteiger charge is -2.00. The molecule has 20 heavy (non-hydrogen) atoms. The van der Waals surface area contributed by atoms with E-state index in [0.29, 0.717) is 11.3 Å². The molecule has 11 heteroatoms. The van der Waals surface area contributed by atoms with Crippen LogP contribution in [0.15, 0.2) is 24.3 Å². The molecule has 1 rings (SSSR count). The molecule has 0 heterocycles. The molecule has 0 radical (unpaired) electrons. The monoisotopic (exact) mass is 293 g/mol. The van der Waals surface area contributed by atoms with E-state index in [9.17, 15) is 26.9 Å². The average Bonchev–Trinajstić information content (AvgIpc) is 2.34. The Morgan fingerprint density at radius 3 is 2.00 bits per heavy atom. The van der Waals surface area contributed by atoms with Gasteiger partial charge in [-0.1, -0.05) is 0 Å². The minimum atomic E-state index is -6.00. The maximum Gasteiger partial charge on any atom is 0.673 e. The second-order valence-electron chi connectivity index (χ2n) is 3.22. The lowest BCUT2D eigenvalue weighted by molar-refractivity contribution is -0.135. The highest BCUT2D eigenvalue weighted by Crippen LogP contribution is 2.12. The standard InChI is InChI=1S/C9H7N3O3.BF4/c10-12-7-3-1-6(2-4-7)9(15)11-5-8(13)14;2-1(3,4)5/h1-4H,5H2,(H-,11,13,14,15);/q;-1/p+1. The number of benzene rings is 1. The van der Waals surface area contributed by atoms with Gasteiger partial charge in [-0.3, -0.25) is 9.59 Å². The van der Waals surface area contributed by atoms with E-state index >= 15 is 0 Å². The summed E-state index contributed by atoms with van der Waals surface area (Å²) in [5, 5.41) is 18.9. The van der Waals surface area contributed by atoms with E-state index in [2.05, 4.69) is 10.3 Å². The zero-order chi connectivity index (χ0) is 15.8. The lowest BCUT2D eigenvalue weighted by Crippen LogP contribution is -2.29. The van der Waals surface area contributed by atoms with Gasteiger partial charge in [0.1, 0.15) is 6.54 Å². The normalized spacial score (nSPS) is 9.75.